The van der Waals surface area contributed by atoms with Crippen molar-refractivity contribution in [3.05, 3.63) is 45.9 Å². The van der Waals surface area contributed by atoms with Crippen LogP contribution in [-0.2, 0) is 39.9 Å². The lowest BCUT2D eigenvalue weighted by Gasteiger charge is -2.21. The molecule has 1 unspecified atom stereocenters. The normalized spacial score (nSPS) is 12.4. The summed E-state index contributed by atoms with van der Waals surface area (Å²) in [5, 5.41) is 15.5. The molecule has 512 valence electrons. The second-order valence-corrected chi connectivity index (χ2v) is 25.3. The number of anilines is 2. The number of nitrogens with one attached hydrogen (secondary N) is 6. The van der Waals surface area contributed by atoms with E-state index in [-0.39, 0.29) is 54.4 Å². The van der Waals surface area contributed by atoms with Crippen molar-refractivity contribution in [1.82, 2.24) is 40.8 Å². The lowest BCUT2D eigenvalue weighted by Crippen LogP contribution is -2.54. The van der Waals surface area contributed by atoms with Crippen molar-refractivity contribution in [2.24, 2.45) is 11.5 Å². The number of rotatable bonds is 59. The van der Waals surface area contributed by atoms with E-state index in [9.17, 15) is 28.8 Å². The van der Waals surface area contributed by atoms with E-state index < -0.39 is 48.3 Å². The van der Waals surface area contributed by atoms with Gasteiger partial charge in [-0.15, -0.1) is 0 Å². The number of nitrogens with zero attached hydrogens (tertiary/aromatic N) is 3. The highest BCUT2D eigenvalue weighted by atomic mass is 32.2. The summed E-state index contributed by atoms with van der Waals surface area (Å²) in [6.45, 7) is 11.0. The maximum Gasteiger partial charge on any atom is 0.338 e. The average molecular weight is 1280 g/mol. The number of hydrogen-bond acceptors (Lipinski definition) is 18. The number of carbonyl (C=O) groups excluding carboxylic acids is 5. The zero-order chi connectivity index (χ0) is 65.1. The fourth-order valence-electron chi connectivity index (χ4n) is 10.4. The van der Waals surface area contributed by atoms with Gasteiger partial charge in [-0.2, -0.15) is 21.7 Å². The molecule has 21 nitrogen and oxygen atoms in total. The molecule has 1 aromatic carbocycles. The number of H-pyrrole nitrogens is 1. The van der Waals surface area contributed by atoms with E-state index in [0.717, 1.165) is 96.7 Å². The van der Waals surface area contributed by atoms with Gasteiger partial charge in [0.2, 0.25) is 17.8 Å². The standard InChI is InChI=1S/C68H120N12O9S/c1-4-7-10-12-14-16-18-20-22-24-26-28-30-36-59(81)87-50-56(89-60(82)37-31-29-27-25-23-21-19-17-15-13-11-8-5-2)52-90-53-57(70)64(83)76-58(65(84)74-48-35-46-73-44-33-32-43-72-45-34-42-69)51-88-66(85)55-40-38-54(39-41-55)49-80-63-61(77-68(80)86)62(71)78-67(79-63)75-47-9-6-3/h38-41,56-58,72-73H,4-37,42-53,69-70H2,1-3H3,(H,74,84)(H,76,83)(H,77,86)(H3,71,75,78,79)/t56?,57-,58-/m0/s1. The molecule has 3 aromatic rings. The molecule has 0 fully saturated rings. The molecular weight excluding hydrogens is 1160 g/mol. The predicted octanol–water partition coefficient (Wildman–Crippen LogP) is 10.9. The average Bonchev–Trinajstić information content (AvgIpc) is 1.65. The Bertz CT molecular complexity index is 2430. The zero-order valence-corrected chi connectivity index (χ0v) is 56.5. The molecular formula is C68H120N12O9S. The number of imidazole rings is 1. The van der Waals surface area contributed by atoms with E-state index in [1.165, 1.54) is 132 Å². The Morgan fingerprint density at radius 3 is 1.66 bits per heavy atom. The quantitative estimate of drug-likeness (QED) is 0.0144. The van der Waals surface area contributed by atoms with Gasteiger partial charge in [-0.1, -0.05) is 193 Å². The van der Waals surface area contributed by atoms with Crippen molar-refractivity contribution in [2.75, 3.05) is 81.6 Å². The van der Waals surface area contributed by atoms with Crippen LogP contribution in [0, 0.1) is 0 Å². The van der Waals surface area contributed by atoms with Crippen LogP contribution in [0.2, 0.25) is 0 Å². The van der Waals surface area contributed by atoms with E-state index >= 15 is 0 Å². The number of benzene rings is 1. The Labute approximate surface area is 543 Å². The lowest BCUT2D eigenvalue weighted by atomic mass is 10.0. The Morgan fingerprint density at radius 1 is 0.578 bits per heavy atom. The van der Waals surface area contributed by atoms with Crippen LogP contribution in [-0.4, -0.2) is 138 Å². The second-order valence-electron chi connectivity index (χ2n) is 24.2. The third-order valence-electron chi connectivity index (χ3n) is 16.0. The molecule has 22 heteroatoms. The molecule has 0 aliphatic carbocycles. The van der Waals surface area contributed by atoms with Crippen molar-refractivity contribution < 1.29 is 38.2 Å². The molecule has 0 bridgehead atoms. The number of nitrogens with two attached hydrogens (primary N) is 3. The van der Waals surface area contributed by atoms with Crippen LogP contribution in [0.25, 0.3) is 11.2 Å². The monoisotopic (exact) mass is 1280 g/mol. The van der Waals surface area contributed by atoms with Gasteiger partial charge in [0.25, 0.3) is 0 Å². The minimum Gasteiger partial charge on any atom is -0.462 e. The van der Waals surface area contributed by atoms with Crippen molar-refractivity contribution in [2.45, 2.75) is 264 Å². The van der Waals surface area contributed by atoms with Crippen LogP contribution in [0.15, 0.2) is 29.1 Å². The van der Waals surface area contributed by atoms with E-state index in [2.05, 4.69) is 62.3 Å². The van der Waals surface area contributed by atoms with Crippen molar-refractivity contribution >= 4 is 64.4 Å². The highest BCUT2D eigenvalue weighted by Gasteiger charge is 2.27. The topological polar surface area (TPSA) is 315 Å². The Hall–Kier alpha value is -5.29. The highest BCUT2D eigenvalue weighted by Crippen LogP contribution is 2.20. The summed E-state index contributed by atoms with van der Waals surface area (Å²) >= 11 is 1.28. The first-order valence-corrected chi connectivity index (χ1v) is 36.2. The van der Waals surface area contributed by atoms with E-state index in [0.29, 0.717) is 68.1 Å². The van der Waals surface area contributed by atoms with Crippen molar-refractivity contribution in [1.29, 1.82) is 0 Å². The van der Waals surface area contributed by atoms with E-state index in [1.54, 1.807) is 24.3 Å². The Balaban J connectivity index is 1.58. The van der Waals surface area contributed by atoms with Gasteiger partial charge in [-0.3, -0.25) is 23.7 Å². The van der Waals surface area contributed by atoms with Gasteiger partial charge in [0.05, 0.1) is 18.2 Å². The first kappa shape index (κ1) is 78.9. The maximum atomic E-state index is 13.8. The molecule has 0 aliphatic heterocycles. The Kier molecular flexibility index (Phi) is 45.8. The molecule has 0 spiro atoms. The minimum atomic E-state index is -1.28. The van der Waals surface area contributed by atoms with Crippen molar-refractivity contribution in [3.63, 3.8) is 0 Å². The summed E-state index contributed by atoms with van der Waals surface area (Å²) in [6, 6.07) is 4.08. The first-order valence-electron chi connectivity index (χ1n) is 35.0. The number of amides is 2. The second kappa shape index (κ2) is 52.2. The molecule has 2 heterocycles. The van der Waals surface area contributed by atoms with Gasteiger partial charge in [0.15, 0.2) is 11.5 Å². The lowest BCUT2D eigenvalue weighted by molar-refractivity contribution is -0.157. The molecule has 0 saturated heterocycles. The number of aromatic nitrogens is 4. The minimum absolute atomic E-state index is 0.0869. The number of ether oxygens (including phenoxy) is 3. The fraction of sp³-hybridized carbons (Fsp3) is 0.765. The van der Waals surface area contributed by atoms with E-state index in [1.807, 2.05) is 0 Å². The molecule has 0 saturated carbocycles. The number of thioether (sulfide) groups is 1. The number of fused-ring (bicyclic) bond motifs is 1. The number of nitrogen functional groups attached to an aromatic ring is 1. The van der Waals surface area contributed by atoms with Crippen LogP contribution in [0.4, 0.5) is 11.8 Å². The van der Waals surface area contributed by atoms with Crippen LogP contribution in [0.3, 0.4) is 0 Å². The van der Waals surface area contributed by atoms with Gasteiger partial charge >= 0.3 is 23.6 Å². The summed E-state index contributed by atoms with van der Waals surface area (Å²) in [5.41, 5.74) is 19.3. The number of hydrogen-bond donors (Lipinski definition) is 9. The SMILES string of the molecule is CCCCCCCCCCCCCCCC(=O)OCC(CSC[C@H](N)C(=O)N[C@@H](COC(=O)c1ccc(Cn2c(=O)[nH]c3c(N)nc(NCCCC)nc32)cc1)C(=O)NCCCNCCCCNCCCN)OC(=O)CCCCCCCCCCCCCCC. The van der Waals surface area contributed by atoms with Crippen LogP contribution in [0.1, 0.15) is 255 Å². The summed E-state index contributed by atoms with van der Waals surface area (Å²) in [6.07, 6.45) is 36.5. The van der Waals surface area contributed by atoms with Gasteiger partial charge in [-0.05, 0) is 95.4 Å². The fourth-order valence-corrected chi connectivity index (χ4v) is 11.4. The maximum absolute atomic E-state index is 13.8. The number of esters is 3. The summed E-state index contributed by atoms with van der Waals surface area (Å²) < 4.78 is 18.7. The van der Waals surface area contributed by atoms with Gasteiger partial charge < -0.3 is 63.0 Å². The molecule has 12 N–H and O–H groups in total. The Morgan fingerprint density at radius 2 is 1.10 bits per heavy atom. The summed E-state index contributed by atoms with van der Waals surface area (Å²) in [5.74, 6) is -1.87. The highest BCUT2D eigenvalue weighted by molar-refractivity contribution is 7.99. The molecule has 90 heavy (non-hydrogen) atoms. The third-order valence-corrected chi connectivity index (χ3v) is 17.2. The molecule has 0 aliphatic rings. The number of carbonyl (C=O) groups is 5. The molecule has 0 radical (unpaired) electrons. The van der Waals surface area contributed by atoms with Gasteiger partial charge in [0.1, 0.15) is 30.9 Å². The smallest absolute Gasteiger partial charge is 0.338 e. The molecule has 2 amide bonds. The van der Waals surface area contributed by atoms with Gasteiger partial charge in [0, 0.05) is 37.4 Å². The first-order chi connectivity index (χ1) is 43.9. The van der Waals surface area contributed by atoms with E-state index in [4.69, 9.17) is 31.4 Å². The predicted molar refractivity (Wildman–Crippen MR) is 367 cm³/mol. The summed E-state index contributed by atoms with van der Waals surface area (Å²) in [7, 11) is 0. The van der Waals surface area contributed by atoms with Gasteiger partial charge in [-0.25, -0.2) is 9.59 Å². The zero-order valence-electron chi connectivity index (χ0n) is 55.7. The largest absolute Gasteiger partial charge is 0.462 e. The van der Waals surface area contributed by atoms with Crippen molar-refractivity contribution in [3.8, 4) is 0 Å². The van der Waals surface area contributed by atoms with Crippen LogP contribution < -0.4 is 49.5 Å². The molecule has 3 rings (SSSR count). The number of aromatic amines is 1. The molecule has 2 aromatic heterocycles. The number of unbranched alkanes of at least 4 members (excludes halogenated alkanes) is 26. The molecule has 3 atom stereocenters. The summed E-state index contributed by atoms with van der Waals surface area (Å²) in [4.78, 5) is 91.8. The van der Waals surface area contributed by atoms with Crippen LogP contribution in [0.5, 0.6) is 0 Å². The van der Waals surface area contributed by atoms with Crippen LogP contribution >= 0.6 is 11.8 Å². The third kappa shape index (κ3) is 37.3.